The van der Waals surface area contributed by atoms with Gasteiger partial charge in [0, 0.05) is 29.3 Å². The Kier molecular flexibility index (Phi) is 2.90. The highest BCUT2D eigenvalue weighted by Crippen LogP contribution is 2.51. The number of rotatable bonds is 1. The molecule has 3 aromatic rings. The molecule has 5 heteroatoms. The van der Waals surface area contributed by atoms with Gasteiger partial charge in [0.25, 0.3) is 0 Å². The average molecular weight is 358 g/mol. The van der Waals surface area contributed by atoms with E-state index in [0.29, 0.717) is 0 Å². The minimum Gasteiger partial charge on any atom is -0.353 e. The number of hydrogen-bond acceptors (Lipinski definition) is 2. The van der Waals surface area contributed by atoms with Crippen molar-refractivity contribution in [3.8, 4) is 11.4 Å². The molecule has 1 amide bonds. The summed E-state index contributed by atoms with van der Waals surface area (Å²) < 4.78 is 0. The van der Waals surface area contributed by atoms with Gasteiger partial charge in [0.05, 0.1) is 11.1 Å². The number of aromatic nitrogens is 3. The maximum Gasteiger partial charge on any atom is 0.238 e. The van der Waals surface area contributed by atoms with Crippen LogP contribution < -0.4 is 4.90 Å². The van der Waals surface area contributed by atoms with Crippen LogP contribution in [0.3, 0.4) is 0 Å². The van der Waals surface area contributed by atoms with E-state index in [1.807, 2.05) is 11.1 Å². The first kappa shape index (κ1) is 15.3. The van der Waals surface area contributed by atoms with Crippen molar-refractivity contribution >= 4 is 22.5 Å². The summed E-state index contributed by atoms with van der Waals surface area (Å²) in [4.78, 5) is 18.9. The second-order valence-corrected chi connectivity index (χ2v) is 8.02. The molecule has 5 nitrogen and oxygen atoms in total. The van der Waals surface area contributed by atoms with Crippen molar-refractivity contribution < 1.29 is 4.79 Å². The Morgan fingerprint density at radius 2 is 2.07 bits per heavy atom. The zero-order valence-electron chi connectivity index (χ0n) is 15.4. The number of allylic oxidation sites excluding steroid dienone is 2. The standard InChI is InChI=1S/C22H22N4O/c1-2-26-18-10-15-14-7-5-6-13-12-23-25-19(13)20(14)24-17(15)11-16(18)22(21(26)27)8-3-4-9-22/h3-4,10-12,24H,2,5-9H2,1H3,(H,23,25). The van der Waals surface area contributed by atoms with Gasteiger partial charge in [0.2, 0.25) is 5.91 Å². The third-order valence-electron chi connectivity index (χ3n) is 6.73. The van der Waals surface area contributed by atoms with E-state index in [1.165, 1.54) is 22.1 Å². The summed E-state index contributed by atoms with van der Waals surface area (Å²) in [5, 5.41) is 8.79. The van der Waals surface area contributed by atoms with Crippen LogP contribution in [0, 0.1) is 0 Å². The van der Waals surface area contributed by atoms with Crippen molar-refractivity contribution in [2.45, 2.75) is 44.4 Å². The topological polar surface area (TPSA) is 64.8 Å². The van der Waals surface area contributed by atoms with E-state index >= 15 is 0 Å². The fourth-order valence-corrected chi connectivity index (χ4v) is 5.38. The van der Waals surface area contributed by atoms with E-state index in [4.69, 9.17) is 0 Å². The monoisotopic (exact) mass is 358 g/mol. The van der Waals surface area contributed by atoms with E-state index < -0.39 is 0 Å². The van der Waals surface area contributed by atoms with E-state index in [0.717, 1.165) is 61.2 Å². The molecule has 0 unspecified atom stereocenters. The van der Waals surface area contributed by atoms with Gasteiger partial charge in [-0.15, -0.1) is 0 Å². The molecule has 2 aliphatic carbocycles. The molecule has 0 atom stereocenters. The third kappa shape index (κ3) is 1.79. The van der Waals surface area contributed by atoms with Gasteiger partial charge < -0.3 is 9.88 Å². The predicted octanol–water partition coefficient (Wildman–Crippen LogP) is 4.00. The molecule has 0 bridgehead atoms. The van der Waals surface area contributed by atoms with Crippen molar-refractivity contribution in [3.05, 3.63) is 47.2 Å². The number of fused-ring (bicyclic) bond motifs is 7. The number of likely N-dealkylation sites (N-methyl/N-ethyl adjacent to an activating group) is 1. The maximum absolute atomic E-state index is 13.3. The van der Waals surface area contributed by atoms with Crippen LogP contribution >= 0.6 is 0 Å². The summed E-state index contributed by atoms with van der Waals surface area (Å²) in [6.45, 7) is 2.79. The van der Waals surface area contributed by atoms with Crippen LogP contribution in [0.1, 0.15) is 42.9 Å². The lowest BCUT2D eigenvalue weighted by Crippen LogP contribution is -2.38. The number of anilines is 1. The minimum absolute atomic E-state index is 0.262. The number of nitrogens with zero attached hydrogens (tertiary/aromatic N) is 2. The van der Waals surface area contributed by atoms with E-state index in [-0.39, 0.29) is 11.3 Å². The molecule has 136 valence electrons. The average Bonchev–Trinajstić information content (AvgIpc) is 3.42. The Hall–Kier alpha value is -2.82. The zero-order chi connectivity index (χ0) is 18.2. The minimum atomic E-state index is -0.389. The molecule has 3 aliphatic rings. The summed E-state index contributed by atoms with van der Waals surface area (Å²) in [5.74, 6) is 0.262. The number of nitrogens with one attached hydrogen (secondary N) is 2. The van der Waals surface area contributed by atoms with Crippen LogP contribution in [-0.4, -0.2) is 27.6 Å². The molecule has 0 saturated heterocycles. The van der Waals surface area contributed by atoms with Crippen molar-refractivity contribution in [2.24, 2.45) is 0 Å². The highest BCUT2D eigenvalue weighted by atomic mass is 16.2. The summed E-state index contributed by atoms with van der Waals surface area (Å²) >= 11 is 0. The molecule has 3 heterocycles. The van der Waals surface area contributed by atoms with E-state index in [2.05, 4.69) is 46.4 Å². The summed E-state index contributed by atoms with van der Waals surface area (Å²) in [6.07, 6.45) is 11.2. The van der Waals surface area contributed by atoms with Crippen LogP contribution in [-0.2, 0) is 23.1 Å². The van der Waals surface area contributed by atoms with Crippen molar-refractivity contribution in [1.29, 1.82) is 0 Å². The second kappa shape index (κ2) is 5.12. The molecule has 27 heavy (non-hydrogen) atoms. The van der Waals surface area contributed by atoms with E-state index in [1.54, 1.807) is 0 Å². The molecule has 1 aromatic carbocycles. The Balaban J connectivity index is 1.63. The quantitative estimate of drug-likeness (QED) is 0.646. The first-order chi connectivity index (χ1) is 13.2. The zero-order valence-corrected chi connectivity index (χ0v) is 15.4. The number of hydrogen-bond donors (Lipinski definition) is 2. The molecule has 0 saturated carbocycles. The van der Waals surface area contributed by atoms with Crippen LogP contribution in [0.15, 0.2) is 30.5 Å². The number of carbonyl (C=O) groups excluding carboxylic acids is 1. The van der Waals surface area contributed by atoms with Crippen LogP contribution in [0.2, 0.25) is 0 Å². The fraction of sp³-hybridized carbons (Fsp3) is 0.364. The molecule has 0 fully saturated rings. The van der Waals surface area contributed by atoms with Gasteiger partial charge in [-0.05, 0) is 67.9 Å². The SMILES string of the molecule is CCN1C(=O)C2(CC=CC2)c2cc3[nH]c4c(c3cc21)CCCc1c[nH]nc1-4. The fourth-order valence-electron chi connectivity index (χ4n) is 5.38. The van der Waals surface area contributed by atoms with Crippen molar-refractivity contribution in [2.75, 3.05) is 11.4 Å². The lowest BCUT2D eigenvalue weighted by molar-refractivity contribution is -0.122. The van der Waals surface area contributed by atoms with Crippen LogP contribution in [0.25, 0.3) is 22.3 Å². The Morgan fingerprint density at radius 1 is 1.22 bits per heavy atom. The third-order valence-corrected chi connectivity index (χ3v) is 6.73. The first-order valence-corrected chi connectivity index (χ1v) is 9.92. The van der Waals surface area contributed by atoms with Gasteiger partial charge in [-0.25, -0.2) is 0 Å². The lowest BCUT2D eigenvalue weighted by atomic mass is 9.79. The molecular formula is C22H22N4O. The number of amides is 1. The smallest absolute Gasteiger partial charge is 0.238 e. The molecule has 1 spiro atoms. The first-order valence-electron chi connectivity index (χ1n) is 9.92. The lowest BCUT2D eigenvalue weighted by Gasteiger charge is -2.22. The van der Waals surface area contributed by atoms with Gasteiger partial charge in [-0.1, -0.05) is 12.2 Å². The molecule has 1 aliphatic heterocycles. The van der Waals surface area contributed by atoms with Crippen LogP contribution in [0.5, 0.6) is 0 Å². The summed E-state index contributed by atoms with van der Waals surface area (Å²) in [5.41, 5.74) is 7.86. The van der Waals surface area contributed by atoms with Gasteiger partial charge in [-0.3, -0.25) is 9.89 Å². The molecule has 0 radical (unpaired) electrons. The predicted molar refractivity (Wildman–Crippen MR) is 106 cm³/mol. The van der Waals surface area contributed by atoms with Gasteiger partial charge in [-0.2, -0.15) is 5.10 Å². The second-order valence-electron chi connectivity index (χ2n) is 8.02. The molecular weight excluding hydrogens is 336 g/mol. The Labute approximate surface area is 157 Å². The maximum atomic E-state index is 13.3. The summed E-state index contributed by atoms with van der Waals surface area (Å²) in [7, 11) is 0. The Bertz CT molecular complexity index is 1120. The highest BCUT2D eigenvalue weighted by molar-refractivity contribution is 6.11. The van der Waals surface area contributed by atoms with Crippen LogP contribution in [0.4, 0.5) is 5.69 Å². The van der Waals surface area contributed by atoms with Crippen molar-refractivity contribution in [3.63, 3.8) is 0 Å². The number of aromatic amines is 2. The van der Waals surface area contributed by atoms with Gasteiger partial charge in [0.1, 0.15) is 5.69 Å². The van der Waals surface area contributed by atoms with Gasteiger partial charge in [0.15, 0.2) is 0 Å². The van der Waals surface area contributed by atoms with E-state index in [9.17, 15) is 4.79 Å². The highest BCUT2D eigenvalue weighted by Gasteiger charge is 2.50. The summed E-state index contributed by atoms with van der Waals surface area (Å²) in [6, 6.07) is 4.50. The normalized spacial score (nSPS) is 19.6. The molecule has 6 rings (SSSR count). The number of aryl methyl sites for hydroxylation is 2. The largest absolute Gasteiger partial charge is 0.353 e. The van der Waals surface area contributed by atoms with Crippen molar-refractivity contribution in [1.82, 2.24) is 15.2 Å². The Morgan fingerprint density at radius 3 is 2.89 bits per heavy atom. The molecule has 2 N–H and O–H groups in total. The number of carbonyl (C=O) groups is 1. The van der Waals surface area contributed by atoms with Gasteiger partial charge >= 0.3 is 0 Å². The number of benzene rings is 1. The number of H-pyrrole nitrogens is 2. The molecule has 2 aromatic heterocycles.